The van der Waals surface area contributed by atoms with E-state index in [4.69, 9.17) is 19.2 Å². The van der Waals surface area contributed by atoms with E-state index in [1.807, 2.05) is 13.0 Å². The molecule has 0 fully saturated rings. The highest BCUT2D eigenvalue weighted by Crippen LogP contribution is 2.28. The maximum atomic E-state index is 5.66. The number of halogens is 1. The molecule has 0 radical (unpaired) electrons. The van der Waals surface area contributed by atoms with E-state index >= 15 is 0 Å². The van der Waals surface area contributed by atoms with Crippen LogP contribution in [0.25, 0.3) is 0 Å². The Morgan fingerprint density at radius 1 is 1.07 bits per heavy atom. The van der Waals surface area contributed by atoms with E-state index in [2.05, 4.69) is 41.6 Å². The normalized spacial score (nSPS) is 11.2. The molecule has 0 heterocycles. The van der Waals surface area contributed by atoms with E-state index in [-0.39, 0.29) is 24.0 Å². The SMILES string of the molecule is CCNC(=NCCCc1ccc(OC)c(OCC)c1)NCCN(C)CCCOC.I. The van der Waals surface area contributed by atoms with Gasteiger partial charge in [-0.25, -0.2) is 0 Å². The third-order valence-corrected chi connectivity index (χ3v) is 4.44. The summed E-state index contributed by atoms with van der Waals surface area (Å²) < 4.78 is 16.1. The van der Waals surface area contributed by atoms with Crippen molar-refractivity contribution in [2.45, 2.75) is 33.1 Å². The third kappa shape index (κ3) is 12.4. The lowest BCUT2D eigenvalue weighted by molar-refractivity contribution is 0.180. The highest BCUT2D eigenvalue weighted by atomic mass is 127. The zero-order valence-corrected chi connectivity index (χ0v) is 21.7. The molecular weight excluding hydrogens is 495 g/mol. The van der Waals surface area contributed by atoms with Gasteiger partial charge in [-0.3, -0.25) is 4.99 Å². The van der Waals surface area contributed by atoms with Crippen LogP contribution in [0.5, 0.6) is 11.5 Å². The van der Waals surface area contributed by atoms with Gasteiger partial charge in [0.25, 0.3) is 0 Å². The van der Waals surface area contributed by atoms with Gasteiger partial charge in [-0.05, 0) is 57.9 Å². The molecule has 0 aromatic heterocycles. The summed E-state index contributed by atoms with van der Waals surface area (Å²) in [5.74, 6) is 2.46. The van der Waals surface area contributed by atoms with Crippen LogP contribution in [0.2, 0.25) is 0 Å². The van der Waals surface area contributed by atoms with Crippen LogP contribution in [-0.4, -0.2) is 78.1 Å². The Bertz CT molecular complexity index is 588. The first-order valence-electron chi connectivity index (χ1n) is 10.6. The van der Waals surface area contributed by atoms with E-state index < -0.39 is 0 Å². The molecule has 8 heteroatoms. The molecule has 0 saturated carbocycles. The molecule has 0 aliphatic rings. The van der Waals surface area contributed by atoms with Crippen LogP contribution in [0.3, 0.4) is 0 Å². The lowest BCUT2D eigenvalue weighted by Crippen LogP contribution is -2.41. The Labute approximate surface area is 200 Å². The molecule has 1 aromatic carbocycles. The maximum absolute atomic E-state index is 5.66. The molecule has 0 unspecified atom stereocenters. The fraction of sp³-hybridized carbons (Fsp3) is 0.682. The number of nitrogens with zero attached hydrogens (tertiary/aromatic N) is 2. The minimum atomic E-state index is 0. The summed E-state index contributed by atoms with van der Waals surface area (Å²) in [5.41, 5.74) is 1.24. The van der Waals surface area contributed by atoms with Crippen molar-refractivity contribution < 1.29 is 14.2 Å². The number of guanidine groups is 1. The third-order valence-electron chi connectivity index (χ3n) is 4.44. The number of nitrogens with one attached hydrogen (secondary N) is 2. The van der Waals surface area contributed by atoms with Gasteiger partial charge in [0.1, 0.15) is 0 Å². The highest BCUT2D eigenvalue weighted by molar-refractivity contribution is 14.0. The van der Waals surface area contributed by atoms with Gasteiger partial charge in [0, 0.05) is 46.4 Å². The molecule has 0 atom stereocenters. The molecule has 1 aromatic rings. The Hall–Kier alpha value is -1.26. The predicted octanol–water partition coefficient (Wildman–Crippen LogP) is 3.17. The number of likely N-dealkylation sites (N-methyl/N-ethyl adjacent to an activating group) is 1. The smallest absolute Gasteiger partial charge is 0.191 e. The number of hydrogen-bond acceptors (Lipinski definition) is 5. The number of hydrogen-bond donors (Lipinski definition) is 2. The van der Waals surface area contributed by atoms with Gasteiger partial charge in [0.2, 0.25) is 0 Å². The summed E-state index contributed by atoms with van der Waals surface area (Å²) in [5, 5.41) is 6.72. The Balaban J connectivity index is 0.00000841. The van der Waals surface area contributed by atoms with Crippen molar-refractivity contribution in [3.8, 4) is 11.5 Å². The number of ether oxygens (including phenoxy) is 3. The van der Waals surface area contributed by atoms with Crippen molar-refractivity contribution in [3.05, 3.63) is 23.8 Å². The van der Waals surface area contributed by atoms with Crippen molar-refractivity contribution >= 4 is 29.9 Å². The van der Waals surface area contributed by atoms with Gasteiger partial charge < -0.3 is 29.7 Å². The monoisotopic (exact) mass is 536 g/mol. The van der Waals surface area contributed by atoms with Gasteiger partial charge >= 0.3 is 0 Å². The molecule has 174 valence electrons. The summed E-state index contributed by atoms with van der Waals surface area (Å²) in [7, 11) is 5.54. The molecule has 0 amide bonds. The number of methoxy groups -OCH3 is 2. The second kappa shape index (κ2) is 18.5. The minimum absolute atomic E-state index is 0. The fourth-order valence-electron chi connectivity index (χ4n) is 2.92. The second-order valence-electron chi connectivity index (χ2n) is 6.86. The van der Waals surface area contributed by atoms with Gasteiger partial charge in [0.15, 0.2) is 17.5 Å². The van der Waals surface area contributed by atoms with Crippen LogP contribution in [0.1, 0.15) is 32.3 Å². The largest absolute Gasteiger partial charge is 0.493 e. The topological polar surface area (TPSA) is 67.4 Å². The zero-order valence-electron chi connectivity index (χ0n) is 19.3. The van der Waals surface area contributed by atoms with Crippen LogP contribution in [0, 0.1) is 0 Å². The van der Waals surface area contributed by atoms with Crippen LogP contribution in [0.15, 0.2) is 23.2 Å². The summed E-state index contributed by atoms with van der Waals surface area (Å²) in [6, 6.07) is 6.13. The fourth-order valence-corrected chi connectivity index (χ4v) is 2.92. The summed E-state index contributed by atoms with van der Waals surface area (Å²) in [6.45, 7) is 10.0. The average Bonchev–Trinajstić information content (AvgIpc) is 2.72. The summed E-state index contributed by atoms with van der Waals surface area (Å²) in [4.78, 5) is 6.99. The van der Waals surface area contributed by atoms with Crippen molar-refractivity contribution in [1.29, 1.82) is 0 Å². The van der Waals surface area contributed by atoms with Crippen molar-refractivity contribution in [3.63, 3.8) is 0 Å². The highest BCUT2D eigenvalue weighted by Gasteiger charge is 2.05. The van der Waals surface area contributed by atoms with E-state index in [0.717, 1.165) is 76.1 Å². The standard InChI is InChI=1S/C22H40N4O3.HI/c1-6-23-22(25-14-16-26(3)15-9-17-27-4)24-13-8-10-19-11-12-20(28-5)21(18-19)29-7-2;/h11-12,18H,6-10,13-17H2,1-5H3,(H2,23,24,25);1H. The molecule has 0 saturated heterocycles. The van der Waals surface area contributed by atoms with Gasteiger partial charge in [-0.1, -0.05) is 6.07 Å². The van der Waals surface area contributed by atoms with Crippen LogP contribution in [0.4, 0.5) is 0 Å². The van der Waals surface area contributed by atoms with E-state index in [9.17, 15) is 0 Å². The minimum Gasteiger partial charge on any atom is -0.493 e. The number of benzene rings is 1. The Morgan fingerprint density at radius 2 is 1.87 bits per heavy atom. The Kier molecular flexibility index (Phi) is 17.7. The average molecular weight is 536 g/mol. The Morgan fingerprint density at radius 3 is 2.53 bits per heavy atom. The number of aryl methyl sites for hydroxylation is 1. The number of aliphatic imine (C=N–C) groups is 1. The lowest BCUT2D eigenvalue weighted by Gasteiger charge is -2.18. The molecule has 0 aliphatic heterocycles. The maximum Gasteiger partial charge on any atom is 0.191 e. The first-order valence-corrected chi connectivity index (χ1v) is 10.6. The van der Waals surface area contributed by atoms with E-state index in [1.165, 1.54) is 5.56 Å². The molecular formula is C22H41IN4O3. The summed E-state index contributed by atoms with van der Waals surface area (Å²) >= 11 is 0. The molecule has 0 spiro atoms. The van der Waals surface area contributed by atoms with Gasteiger partial charge in [-0.15, -0.1) is 24.0 Å². The molecule has 0 aliphatic carbocycles. The molecule has 0 bridgehead atoms. The van der Waals surface area contributed by atoms with Crippen LogP contribution < -0.4 is 20.1 Å². The van der Waals surface area contributed by atoms with Gasteiger partial charge in [0.05, 0.1) is 13.7 Å². The first kappa shape index (κ1) is 28.7. The lowest BCUT2D eigenvalue weighted by atomic mass is 10.1. The molecule has 2 N–H and O–H groups in total. The molecule has 7 nitrogen and oxygen atoms in total. The molecule has 30 heavy (non-hydrogen) atoms. The van der Waals surface area contributed by atoms with Gasteiger partial charge in [-0.2, -0.15) is 0 Å². The van der Waals surface area contributed by atoms with E-state index in [1.54, 1.807) is 14.2 Å². The zero-order chi connectivity index (χ0) is 21.3. The van der Waals surface area contributed by atoms with Crippen molar-refractivity contribution in [2.24, 2.45) is 4.99 Å². The van der Waals surface area contributed by atoms with Crippen molar-refractivity contribution in [1.82, 2.24) is 15.5 Å². The summed E-state index contributed by atoms with van der Waals surface area (Å²) in [6.07, 6.45) is 2.98. The molecule has 1 rings (SSSR count). The predicted molar refractivity (Wildman–Crippen MR) is 136 cm³/mol. The van der Waals surface area contributed by atoms with Crippen molar-refractivity contribution in [2.75, 3.05) is 67.2 Å². The van der Waals surface area contributed by atoms with E-state index in [0.29, 0.717) is 6.61 Å². The first-order chi connectivity index (χ1) is 14.1. The van der Waals surface area contributed by atoms with Crippen LogP contribution in [-0.2, 0) is 11.2 Å². The quantitative estimate of drug-likeness (QED) is 0.155. The number of rotatable bonds is 15. The van der Waals surface area contributed by atoms with Crippen LogP contribution >= 0.6 is 24.0 Å². The second-order valence-corrected chi connectivity index (χ2v) is 6.86.